The number of ether oxygens (including phenoxy) is 2. The summed E-state index contributed by atoms with van der Waals surface area (Å²) in [5.74, 6) is 0.333. The number of hydrogen-bond acceptors (Lipinski definition) is 4. The van der Waals surface area contributed by atoms with Crippen molar-refractivity contribution in [1.29, 1.82) is 0 Å². The van der Waals surface area contributed by atoms with Crippen molar-refractivity contribution in [2.24, 2.45) is 4.99 Å². The third-order valence-corrected chi connectivity index (χ3v) is 4.28. The van der Waals surface area contributed by atoms with Crippen LogP contribution in [0.5, 0.6) is 0 Å². The fourth-order valence-electron chi connectivity index (χ4n) is 2.29. The Morgan fingerprint density at radius 2 is 1.60 bits per heavy atom. The smallest absolute Gasteiger partial charge is 0.343 e. The molecule has 0 aliphatic carbocycles. The summed E-state index contributed by atoms with van der Waals surface area (Å²) < 4.78 is 11.8. The van der Waals surface area contributed by atoms with Gasteiger partial charge in [0.2, 0.25) is 5.90 Å². The molecule has 0 fully saturated rings. The molecule has 1 aliphatic rings. The van der Waals surface area contributed by atoms with Gasteiger partial charge in [-0.05, 0) is 40.5 Å². The van der Waals surface area contributed by atoms with Crippen molar-refractivity contribution in [3.05, 3.63) is 89.3 Å². The van der Waals surface area contributed by atoms with Gasteiger partial charge < -0.3 is 9.47 Å². The van der Waals surface area contributed by atoms with Crippen LogP contribution in [0.1, 0.15) is 22.8 Å². The Morgan fingerprint density at radius 3 is 2.20 bits per heavy atom. The molecule has 0 N–H and O–H groups in total. The van der Waals surface area contributed by atoms with E-state index >= 15 is 0 Å². The fraction of sp³-hybridized carbons (Fsp3) is 0.100. The minimum Gasteiger partial charge on any atom is -0.478 e. The Bertz CT molecular complexity index is 855. The SMILES string of the molecule is CCOC1=N/C(=C(\Br)c2ccccc2)C(OC(=O)c2ccccc2)=C1. The number of carbonyl (C=O) groups is 1. The number of hydrogen-bond donors (Lipinski definition) is 0. The molecule has 0 amide bonds. The van der Waals surface area contributed by atoms with Gasteiger partial charge in [-0.1, -0.05) is 48.5 Å². The van der Waals surface area contributed by atoms with Gasteiger partial charge in [0.1, 0.15) is 5.70 Å². The lowest BCUT2D eigenvalue weighted by Crippen LogP contribution is -2.05. The molecule has 2 aromatic rings. The maximum absolute atomic E-state index is 12.4. The molecule has 0 unspecified atom stereocenters. The third-order valence-electron chi connectivity index (χ3n) is 3.45. The zero-order chi connectivity index (χ0) is 17.6. The number of benzene rings is 2. The Morgan fingerprint density at radius 1 is 1.00 bits per heavy atom. The monoisotopic (exact) mass is 397 g/mol. The van der Waals surface area contributed by atoms with Gasteiger partial charge in [-0.2, -0.15) is 0 Å². The van der Waals surface area contributed by atoms with E-state index in [-0.39, 0.29) is 0 Å². The second-order valence-corrected chi connectivity index (χ2v) is 5.97. The number of halogens is 1. The quantitative estimate of drug-likeness (QED) is 0.686. The molecule has 0 spiro atoms. The average molecular weight is 398 g/mol. The van der Waals surface area contributed by atoms with Crippen molar-refractivity contribution < 1.29 is 14.3 Å². The summed E-state index contributed by atoms with van der Waals surface area (Å²) in [6.45, 7) is 2.35. The fourth-order valence-corrected chi connectivity index (χ4v) is 2.84. The largest absolute Gasteiger partial charge is 0.478 e. The number of carbonyl (C=O) groups excluding carboxylic acids is 1. The van der Waals surface area contributed by atoms with Crippen LogP contribution in [-0.2, 0) is 9.47 Å². The first-order chi connectivity index (χ1) is 12.2. The summed E-state index contributed by atoms with van der Waals surface area (Å²) in [6, 6.07) is 18.5. The van der Waals surface area contributed by atoms with E-state index in [2.05, 4.69) is 20.9 Å². The minimum atomic E-state index is -0.439. The predicted molar refractivity (Wildman–Crippen MR) is 101 cm³/mol. The van der Waals surface area contributed by atoms with Gasteiger partial charge in [0, 0.05) is 6.08 Å². The molecule has 0 bridgehead atoms. The number of rotatable bonds is 4. The van der Waals surface area contributed by atoms with E-state index < -0.39 is 5.97 Å². The Kier molecular flexibility index (Phi) is 5.46. The highest BCUT2D eigenvalue weighted by Gasteiger charge is 2.23. The van der Waals surface area contributed by atoms with Crippen LogP contribution in [0.2, 0.25) is 0 Å². The molecule has 1 heterocycles. The van der Waals surface area contributed by atoms with Crippen LogP contribution >= 0.6 is 15.9 Å². The lowest BCUT2D eigenvalue weighted by molar-refractivity contribution is 0.0634. The summed E-state index contributed by atoms with van der Waals surface area (Å²) in [5.41, 5.74) is 1.93. The van der Waals surface area contributed by atoms with Gasteiger partial charge >= 0.3 is 5.97 Å². The van der Waals surface area contributed by atoms with Gasteiger partial charge in [-0.15, -0.1) is 0 Å². The number of esters is 1. The molecule has 4 nitrogen and oxygen atoms in total. The van der Waals surface area contributed by atoms with E-state index in [1.54, 1.807) is 30.3 Å². The second-order valence-electron chi connectivity index (χ2n) is 5.18. The van der Waals surface area contributed by atoms with Crippen LogP contribution < -0.4 is 0 Å². The zero-order valence-electron chi connectivity index (χ0n) is 13.6. The van der Waals surface area contributed by atoms with Gasteiger partial charge in [-0.25, -0.2) is 9.79 Å². The van der Waals surface area contributed by atoms with E-state index in [4.69, 9.17) is 9.47 Å². The van der Waals surface area contributed by atoms with Gasteiger partial charge in [0.15, 0.2) is 5.76 Å². The van der Waals surface area contributed by atoms with Crippen molar-refractivity contribution in [2.45, 2.75) is 6.92 Å². The second kappa shape index (κ2) is 7.94. The highest BCUT2D eigenvalue weighted by Crippen LogP contribution is 2.34. The molecule has 5 heteroatoms. The minimum absolute atomic E-state index is 0.355. The topological polar surface area (TPSA) is 47.9 Å². The molecule has 2 aromatic carbocycles. The van der Waals surface area contributed by atoms with Crippen molar-refractivity contribution in [2.75, 3.05) is 6.61 Å². The zero-order valence-corrected chi connectivity index (χ0v) is 15.2. The Labute approximate surface area is 154 Å². The maximum Gasteiger partial charge on any atom is 0.343 e. The van der Waals surface area contributed by atoms with E-state index in [9.17, 15) is 4.79 Å². The molecule has 0 radical (unpaired) electrons. The molecule has 25 heavy (non-hydrogen) atoms. The molecule has 3 rings (SSSR count). The van der Waals surface area contributed by atoms with Gasteiger partial charge in [0.05, 0.1) is 16.7 Å². The summed E-state index contributed by atoms with van der Waals surface area (Å²) in [7, 11) is 0. The number of aliphatic imine (C=N–C) groups is 1. The summed E-state index contributed by atoms with van der Waals surface area (Å²) >= 11 is 3.56. The third kappa shape index (κ3) is 4.06. The molecule has 0 atom stereocenters. The molecule has 0 saturated heterocycles. The first kappa shape index (κ1) is 17.2. The summed E-state index contributed by atoms with van der Waals surface area (Å²) in [5, 5.41) is 0. The van der Waals surface area contributed by atoms with Crippen LogP contribution in [0, 0.1) is 0 Å². The van der Waals surface area contributed by atoms with E-state index in [1.165, 1.54) is 0 Å². The normalized spacial score (nSPS) is 15.3. The Hall–Kier alpha value is -2.66. The number of nitrogens with zero attached hydrogens (tertiary/aromatic N) is 1. The lowest BCUT2D eigenvalue weighted by atomic mass is 10.2. The molecule has 0 aromatic heterocycles. The first-order valence-electron chi connectivity index (χ1n) is 7.85. The molecule has 1 aliphatic heterocycles. The van der Waals surface area contributed by atoms with Crippen LogP contribution in [-0.4, -0.2) is 18.5 Å². The van der Waals surface area contributed by atoms with E-state index in [1.807, 2.05) is 43.3 Å². The Balaban J connectivity index is 1.93. The van der Waals surface area contributed by atoms with Crippen molar-refractivity contribution >= 4 is 32.3 Å². The first-order valence-corrected chi connectivity index (χ1v) is 8.64. The molecule has 126 valence electrons. The average Bonchev–Trinajstić information content (AvgIpc) is 3.05. The van der Waals surface area contributed by atoms with Crippen LogP contribution in [0.25, 0.3) is 4.48 Å². The van der Waals surface area contributed by atoms with E-state index in [0.29, 0.717) is 29.5 Å². The van der Waals surface area contributed by atoms with Crippen molar-refractivity contribution in [1.82, 2.24) is 0 Å². The van der Waals surface area contributed by atoms with E-state index in [0.717, 1.165) is 10.0 Å². The summed E-state index contributed by atoms with van der Waals surface area (Å²) in [4.78, 5) is 16.8. The van der Waals surface area contributed by atoms with Crippen LogP contribution in [0.4, 0.5) is 0 Å². The van der Waals surface area contributed by atoms with Crippen LogP contribution in [0.3, 0.4) is 0 Å². The molecular formula is C20H16BrNO3. The molecular weight excluding hydrogens is 382 g/mol. The van der Waals surface area contributed by atoms with Gasteiger partial charge in [-0.3, -0.25) is 0 Å². The molecule has 0 saturated carbocycles. The maximum atomic E-state index is 12.4. The van der Waals surface area contributed by atoms with Crippen molar-refractivity contribution in [3.63, 3.8) is 0 Å². The van der Waals surface area contributed by atoms with Crippen LogP contribution in [0.15, 0.2) is 83.2 Å². The highest BCUT2D eigenvalue weighted by molar-refractivity contribution is 9.15. The lowest BCUT2D eigenvalue weighted by Gasteiger charge is -2.08. The standard InChI is InChI=1S/C20H16BrNO3/c1-2-24-17-13-16(25-20(23)15-11-7-4-8-12-15)19(22-17)18(21)14-9-5-3-6-10-14/h3-13H,2H2,1H3/b19-18-. The van der Waals surface area contributed by atoms with Crippen molar-refractivity contribution in [3.8, 4) is 0 Å². The predicted octanol–water partition coefficient (Wildman–Crippen LogP) is 4.94. The summed E-state index contributed by atoms with van der Waals surface area (Å²) in [6.07, 6.45) is 1.63. The highest BCUT2D eigenvalue weighted by atomic mass is 79.9. The van der Waals surface area contributed by atoms with Gasteiger partial charge in [0.25, 0.3) is 0 Å².